The number of pyridine rings is 1. The van der Waals surface area contributed by atoms with Crippen LogP contribution in [0.15, 0.2) is 53.3 Å². The van der Waals surface area contributed by atoms with Crippen LogP contribution < -0.4 is 5.56 Å². The van der Waals surface area contributed by atoms with E-state index in [2.05, 4.69) is 9.88 Å². The Morgan fingerprint density at radius 1 is 1.03 bits per heavy atom. The number of halogens is 1. The van der Waals surface area contributed by atoms with Gasteiger partial charge >= 0.3 is 0 Å². The highest BCUT2D eigenvalue weighted by Gasteiger charge is 2.26. The van der Waals surface area contributed by atoms with E-state index < -0.39 is 5.92 Å². The third-order valence-electron chi connectivity index (χ3n) is 5.43. The van der Waals surface area contributed by atoms with Gasteiger partial charge in [0, 0.05) is 17.7 Å². The average molecular weight is 409 g/mol. The van der Waals surface area contributed by atoms with Crippen LogP contribution in [0.4, 0.5) is 4.39 Å². The van der Waals surface area contributed by atoms with Crippen molar-refractivity contribution in [3.63, 3.8) is 0 Å². The molecule has 0 bridgehead atoms. The van der Waals surface area contributed by atoms with E-state index in [4.69, 9.17) is 0 Å². The molecular weight excluding hydrogens is 379 g/mol. The summed E-state index contributed by atoms with van der Waals surface area (Å²) in [7, 11) is 3.97. The Bertz CT molecular complexity index is 1100. The minimum Gasteiger partial charge on any atom is -0.322 e. The summed E-state index contributed by atoms with van der Waals surface area (Å²) in [4.78, 5) is 30.7. The Hall–Kier alpha value is -2.79. The summed E-state index contributed by atoms with van der Waals surface area (Å²) in [6.07, 6.45) is 1.24. The van der Waals surface area contributed by atoms with Crippen molar-refractivity contribution in [3.05, 3.63) is 70.3 Å². The summed E-state index contributed by atoms with van der Waals surface area (Å²) in [6, 6.07) is 13.9. The van der Waals surface area contributed by atoms with Crippen molar-refractivity contribution in [3.8, 4) is 11.3 Å². The number of hydrogen-bond donors (Lipinski definition) is 1. The lowest BCUT2D eigenvalue weighted by Gasteiger charge is -2.20. The van der Waals surface area contributed by atoms with Crippen molar-refractivity contribution in [1.82, 2.24) is 9.88 Å². The Labute approximate surface area is 176 Å². The Kier molecular flexibility index (Phi) is 6.83. The number of benzene rings is 2. The van der Waals surface area contributed by atoms with Crippen LogP contribution in [0, 0.1) is 11.7 Å². The maximum atomic E-state index is 13.4. The zero-order chi connectivity index (χ0) is 21.8. The number of rotatable bonds is 8. The van der Waals surface area contributed by atoms with E-state index in [0.717, 1.165) is 29.3 Å². The molecule has 3 aromatic rings. The molecule has 0 aliphatic carbocycles. The van der Waals surface area contributed by atoms with Gasteiger partial charge in [0.2, 0.25) is 0 Å². The number of carbonyl (C=O) groups excluding carboxylic acids is 1. The van der Waals surface area contributed by atoms with Crippen LogP contribution in [-0.2, 0) is 4.79 Å². The van der Waals surface area contributed by atoms with Gasteiger partial charge in [-0.15, -0.1) is 0 Å². The highest BCUT2D eigenvalue weighted by molar-refractivity contribution is 5.87. The number of ketones is 1. The van der Waals surface area contributed by atoms with Crippen LogP contribution in [-0.4, -0.2) is 36.3 Å². The van der Waals surface area contributed by atoms with E-state index in [1.807, 2.05) is 52.2 Å². The summed E-state index contributed by atoms with van der Waals surface area (Å²) < 4.78 is 13.4. The first-order chi connectivity index (χ1) is 14.3. The Morgan fingerprint density at radius 3 is 2.40 bits per heavy atom. The number of aromatic amines is 1. The van der Waals surface area contributed by atoms with Gasteiger partial charge in [-0.2, -0.15) is 0 Å². The van der Waals surface area contributed by atoms with Gasteiger partial charge in [0.15, 0.2) is 0 Å². The molecule has 158 valence electrons. The van der Waals surface area contributed by atoms with Crippen molar-refractivity contribution >= 4 is 16.6 Å². The van der Waals surface area contributed by atoms with Gasteiger partial charge in [-0.25, -0.2) is 4.39 Å². The lowest BCUT2D eigenvalue weighted by atomic mass is 9.83. The molecule has 0 fully saturated rings. The van der Waals surface area contributed by atoms with Crippen molar-refractivity contribution in [2.24, 2.45) is 5.92 Å². The topological polar surface area (TPSA) is 53.2 Å². The fourth-order valence-corrected chi connectivity index (χ4v) is 3.91. The molecule has 1 heterocycles. The second kappa shape index (κ2) is 9.35. The van der Waals surface area contributed by atoms with Gasteiger partial charge in [-0.05, 0) is 73.6 Å². The summed E-state index contributed by atoms with van der Waals surface area (Å²) in [5.41, 5.74) is 1.81. The minimum absolute atomic E-state index is 0.0411. The molecular formula is C25H29FN2O2. The van der Waals surface area contributed by atoms with Crippen LogP contribution in [0.1, 0.15) is 38.2 Å². The van der Waals surface area contributed by atoms with E-state index >= 15 is 0 Å². The highest BCUT2D eigenvalue weighted by Crippen LogP contribution is 2.27. The molecule has 0 radical (unpaired) electrons. The molecule has 0 spiro atoms. The first kappa shape index (κ1) is 21.9. The Balaban J connectivity index is 1.88. The van der Waals surface area contributed by atoms with Crippen molar-refractivity contribution in [1.29, 1.82) is 0 Å². The summed E-state index contributed by atoms with van der Waals surface area (Å²) in [5.74, 6) is -0.537. The van der Waals surface area contributed by atoms with Crippen molar-refractivity contribution < 1.29 is 9.18 Å². The van der Waals surface area contributed by atoms with Crippen molar-refractivity contribution in [2.75, 3.05) is 20.6 Å². The maximum Gasteiger partial charge on any atom is 0.252 e. The van der Waals surface area contributed by atoms with Crippen LogP contribution in [0.2, 0.25) is 0 Å². The number of carbonyl (C=O) groups is 1. The number of nitrogens with zero attached hydrogens (tertiary/aromatic N) is 1. The number of nitrogens with one attached hydrogen (secondary N) is 1. The highest BCUT2D eigenvalue weighted by atomic mass is 19.1. The number of aromatic nitrogens is 1. The zero-order valence-electron chi connectivity index (χ0n) is 18.0. The van der Waals surface area contributed by atoms with Crippen molar-refractivity contribution in [2.45, 2.75) is 32.6 Å². The second-order valence-electron chi connectivity index (χ2n) is 8.46. The van der Waals surface area contributed by atoms with Crippen LogP contribution >= 0.6 is 0 Å². The predicted octanol–water partition coefficient (Wildman–Crippen LogP) is 4.98. The van der Waals surface area contributed by atoms with Gasteiger partial charge in [-0.3, -0.25) is 9.59 Å². The first-order valence-electron chi connectivity index (χ1n) is 10.4. The fourth-order valence-electron chi connectivity index (χ4n) is 3.91. The molecule has 1 N–H and O–H groups in total. The lowest BCUT2D eigenvalue weighted by Crippen LogP contribution is -2.26. The first-order valence-corrected chi connectivity index (χ1v) is 10.4. The Morgan fingerprint density at radius 2 is 1.73 bits per heavy atom. The predicted molar refractivity (Wildman–Crippen MR) is 120 cm³/mol. The lowest BCUT2D eigenvalue weighted by molar-refractivity contribution is -0.121. The molecule has 0 saturated carbocycles. The molecule has 2 aromatic carbocycles. The fraction of sp³-hybridized carbons (Fsp3) is 0.360. The van der Waals surface area contributed by atoms with Gasteiger partial charge in [0.25, 0.3) is 5.56 Å². The monoisotopic (exact) mass is 408 g/mol. The molecule has 0 aliphatic heterocycles. The molecule has 0 saturated heterocycles. The number of hydrogen-bond acceptors (Lipinski definition) is 3. The van der Waals surface area contributed by atoms with Gasteiger partial charge < -0.3 is 9.88 Å². The zero-order valence-corrected chi connectivity index (χ0v) is 18.0. The molecule has 30 heavy (non-hydrogen) atoms. The average Bonchev–Trinajstić information content (AvgIpc) is 2.68. The molecule has 0 aliphatic rings. The van der Waals surface area contributed by atoms with E-state index in [9.17, 15) is 14.0 Å². The largest absolute Gasteiger partial charge is 0.322 e. The van der Waals surface area contributed by atoms with E-state index in [1.54, 1.807) is 12.1 Å². The minimum atomic E-state index is -0.412. The van der Waals surface area contributed by atoms with E-state index in [-0.39, 0.29) is 23.1 Å². The third kappa shape index (κ3) is 5.03. The number of Topliss-reactive ketones (excluding diaryl/α,β-unsaturated/α-hetero) is 1. The maximum absolute atomic E-state index is 13.4. The molecule has 5 heteroatoms. The molecule has 1 atom stereocenters. The summed E-state index contributed by atoms with van der Waals surface area (Å²) in [6.45, 7) is 4.80. The summed E-state index contributed by atoms with van der Waals surface area (Å²) >= 11 is 0. The van der Waals surface area contributed by atoms with Gasteiger partial charge in [0.1, 0.15) is 11.6 Å². The number of H-pyrrole nitrogens is 1. The quantitative estimate of drug-likeness (QED) is 0.572. The third-order valence-corrected chi connectivity index (χ3v) is 5.43. The van der Waals surface area contributed by atoms with Crippen LogP contribution in [0.25, 0.3) is 22.0 Å². The molecule has 0 amide bonds. The van der Waals surface area contributed by atoms with Gasteiger partial charge in [0.05, 0.1) is 5.92 Å². The van der Waals surface area contributed by atoms with Gasteiger partial charge in [-0.1, -0.05) is 38.1 Å². The second-order valence-corrected chi connectivity index (χ2v) is 8.46. The van der Waals surface area contributed by atoms with E-state index in [0.29, 0.717) is 17.7 Å². The molecule has 1 aromatic heterocycles. The SMILES string of the molecule is CC(C)C(C(=O)CCCN(C)C)c1ccc(-c2ccc3cc(F)ccc3c2)[nH]c1=O. The van der Waals surface area contributed by atoms with Crippen LogP contribution in [0.5, 0.6) is 0 Å². The smallest absolute Gasteiger partial charge is 0.252 e. The molecule has 3 rings (SSSR count). The standard InChI is InChI=1S/C25H29FN2O2/c1-16(2)24(23(29)6-5-13-28(3)4)21-11-12-22(27-25(21)30)19-8-7-18-15-20(26)10-9-17(18)14-19/h7-12,14-16,24H,5-6,13H2,1-4H3,(H,27,30). The normalized spacial score (nSPS) is 12.6. The molecule has 1 unspecified atom stereocenters. The number of fused-ring (bicyclic) bond motifs is 1. The summed E-state index contributed by atoms with van der Waals surface area (Å²) in [5, 5.41) is 1.70. The molecule has 4 nitrogen and oxygen atoms in total. The van der Waals surface area contributed by atoms with E-state index in [1.165, 1.54) is 12.1 Å². The van der Waals surface area contributed by atoms with Crippen LogP contribution in [0.3, 0.4) is 0 Å².